The predicted octanol–water partition coefficient (Wildman–Crippen LogP) is 1.41. The van der Waals surface area contributed by atoms with Crippen LogP contribution in [0.3, 0.4) is 0 Å². The number of hydrogen-bond donors (Lipinski definition) is 3. The third-order valence-corrected chi connectivity index (χ3v) is 3.16. The maximum Gasteiger partial charge on any atom is 0.272 e. The number of aryl methyl sites for hydroxylation is 1. The zero-order valence-electron chi connectivity index (χ0n) is 12.8. The molecule has 0 radical (unpaired) electrons. The van der Waals surface area contributed by atoms with Crippen LogP contribution in [-0.2, 0) is 11.2 Å². The molecule has 0 saturated carbocycles. The summed E-state index contributed by atoms with van der Waals surface area (Å²) in [7, 11) is 1.54. The number of hydrogen-bond acceptors (Lipinski definition) is 6. The number of rotatable bonds is 5. The van der Waals surface area contributed by atoms with E-state index < -0.39 is 17.1 Å². The number of anilines is 1. The fourth-order valence-electron chi connectivity index (χ4n) is 1.94. The normalized spacial score (nSPS) is 11.1. The number of hydrazone groups is 1. The van der Waals surface area contributed by atoms with Crippen LogP contribution < -0.4 is 16.2 Å². The summed E-state index contributed by atoms with van der Waals surface area (Å²) < 4.78 is 5.10. The molecule has 2 aromatic rings. The van der Waals surface area contributed by atoms with Gasteiger partial charge in [-0.1, -0.05) is 18.2 Å². The van der Waals surface area contributed by atoms with Gasteiger partial charge in [-0.05, 0) is 18.6 Å². The van der Waals surface area contributed by atoms with Gasteiger partial charge in [-0.3, -0.25) is 9.59 Å². The summed E-state index contributed by atoms with van der Waals surface area (Å²) in [5.41, 5.74) is 3.58. The molecule has 1 aromatic heterocycles. The van der Waals surface area contributed by atoms with Gasteiger partial charge in [-0.15, -0.1) is 0 Å². The molecular formula is C16H17N3O4. The number of benzene rings is 1. The van der Waals surface area contributed by atoms with Crippen LogP contribution in [0.5, 0.6) is 5.75 Å². The summed E-state index contributed by atoms with van der Waals surface area (Å²) in [6.45, 7) is 1.87. The first kappa shape index (κ1) is 16.3. The average Bonchev–Trinajstić information content (AvgIpc) is 2.53. The number of carbonyl (C=O) groups is 1. The molecular weight excluding hydrogens is 298 g/mol. The van der Waals surface area contributed by atoms with Gasteiger partial charge in [0.2, 0.25) is 11.2 Å². The van der Waals surface area contributed by atoms with Crippen molar-refractivity contribution in [3.05, 3.63) is 58.1 Å². The van der Waals surface area contributed by atoms with Gasteiger partial charge in [0.05, 0.1) is 12.7 Å². The molecule has 0 aliphatic rings. The Bertz CT molecular complexity index is 796. The van der Waals surface area contributed by atoms with Crippen LogP contribution in [0.1, 0.15) is 11.3 Å². The van der Waals surface area contributed by atoms with Gasteiger partial charge in [0.1, 0.15) is 5.71 Å². The minimum atomic E-state index is -0.575. The lowest BCUT2D eigenvalue weighted by Gasteiger charge is -2.10. The standard InChI is InChI=1S/C16H17N3O4/c1-10-5-3-4-6-11(10)18-16(22)12(19-17-2)9-14-15(21)13(20)7-8-23-14/h3-8,17,21H,9H2,1-2H3,(H,18,22)/b19-12+. The second-order valence-electron chi connectivity index (χ2n) is 4.78. The molecule has 0 bridgehead atoms. The molecule has 1 aromatic carbocycles. The number of aromatic hydroxyl groups is 1. The SMILES string of the molecule is CN/N=C(\Cc1occc(=O)c1O)C(=O)Nc1ccccc1C. The van der Waals surface area contributed by atoms with E-state index in [2.05, 4.69) is 15.8 Å². The molecule has 120 valence electrons. The molecule has 7 nitrogen and oxygen atoms in total. The lowest BCUT2D eigenvalue weighted by Crippen LogP contribution is -2.27. The quantitative estimate of drug-likeness (QED) is 0.572. The summed E-state index contributed by atoms with van der Waals surface area (Å²) in [6, 6.07) is 8.40. The van der Waals surface area contributed by atoms with Gasteiger partial charge in [-0.25, -0.2) is 0 Å². The largest absolute Gasteiger partial charge is 0.502 e. The topological polar surface area (TPSA) is 104 Å². The highest BCUT2D eigenvalue weighted by molar-refractivity contribution is 6.43. The number of amides is 1. The molecule has 0 unspecified atom stereocenters. The van der Waals surface area contributed by atoms with E-state index in [0.29, 0.717) is 5.69 Å². The van der Waals surface area contributed by atoms with Crippen molar-refractivity contribution >= 4 is 17.3 Å². The number of nitrogens with one attached hydrogen (secondary N) is 2. The summed E-state index contributed by atoms with van der Waals surface area (Å²) in [4.78, 5) is 23.8. The van der Waals surface area contributed by atoms with Crippen molar-refractivity contribution in [3.63, 3.8) is 0 Å². The van der Waals surface area contributed by atoms with Crippen molar-refractivity contribution in [2.75, 3.05) is 12.4 Å². The number of carbonyl (C=O) groups excluding carboxylic acids is 1. The Labute approximate surface area is 132 Å². The van der Waals surface area contributed by atoms with Gasteiger partial charge in [-0.2, -0.15) is 5.10 Å². The van der Waals surface area contributed by atoms with E-state index in [4.69, 9.17) is 4.42 Å². The maximum absolute atomic E-state index is 12.4. The van der Waals surface area contributed by atoms with Gasteiger partial charge in [0.15, 0.2) is 5.76 Å². The molecule has 0 aliphatic heterocycles. The molecule has 0 saturated heterocycles. The molecule has 0 atom stereocenters. The van der Waals surface area contributed by atoms with Crippen LogP contribution in [0.2, 0.25) is 0 Å². The fourth-order valence-corrected chi connectivity index (χ4v) is 1.94. The molecule has 0 fully saturated rings. The Balaban J connectivity index is 2.23. The summed E-state index contributed by atoms with van der Waals surface area (Å²) in [5.74, 6) is -1.01. The third-order valence-electron chi connectivity index (χ3n) is 3.16. The summed E-state index contributed by atoms with van der Waals surface area (Å²) >= 11 is 0. The van der Waals surface area contributed by atoms with Crippen LogP contribution >= 0.6 is 0 Å². The molecule has 1 heterocycles. The Morgan fingerprint density at radius 1 is 1.30 bits per heavy atom. The second kappa shape index (κ2) is 7.26. The second-order valence-corrected chi connectivity index (χ2v) is 4.78. The molecule has 0 aliphatic carbocycles. The molecule has 1 amide bonds. The van der Waals surface area contributed by atoms with E-state index in [1.807, 2.05) is 19.1 Å². The van der Waals surface area contributed by atoms with Crippen molar-refractivity contribution in [2.45, 2.75) is 13.3 Å². The van der Waals surface area contributed by atoms with Crippen LogP contribution in [0.15, 0.2) is 50.9 Å². The van der Waals surface area contributed by atoms with E-state index in [0.717, 1.165) is 17.9 Å². The molecule has 2 rings (SSSR count). The highest BCUT2D eigenvalue weighted by atomic mass is 16.4. The average molecular weight is 315 g/mol. The first-order chi connectivity index (χ1) is 11.0. The molecule has 23 heavy (non-hydrogen) atoms. The summed E-state index contributed by atoms with van der Waals surface area (Å²) in [5, 5.41) is 16.4. The van der Waals surface area contributed by atoms with Crippen molar-refractivity contribution in [1.82, 2.24) is 5.43 Å². The van der Waals surface area contributed by atoms with Crippen molar-refractivity contribution in [1.29, 1.82) is 0 Å². The Morgan fingerprint density at radius 2 is 2.04 bits per heavy atom. The minimum absolute atomic E-state index is 0.0218. The Morgan fingerprint density at radius 3 is 2.74 bits per heavy atom. The van der Waals surface area contributed by atoms with Crippen molar-refractivity contribution < 1.29 is 14.3 Å². The fraction of sp³-hybridized carbons (Fsp3) is 0.188. The van der Waals surface area contributed by atoms with Crippen molar-refractivity contribution in [2.24, 2.45) is 5.10 Å². The molecule has 0 spiro atoms. The maximum atomic E-state index is 12.4. The Kier molecular flexibility index (Phi) is 5.14. The zero-order valence-corrected chi connectivity index (χ0v) is 12.8. The van der Waals surface area contributed by atoms with Crippen LogP contribution in [0, 0.1) is 6.92 Å². The van der Waals surface area contributed by atoms with Crippen LogP contribution in [0.4, 0.5) is 5.69 Å². The van der Waals surface area contributed by atoms with E-state index >= 15 is 0 Å². The minimum Gasteiger partial charge on any atom is -0.502 e. The summed E-state index contributed by atoms with van der Waals surface area (Å²) in [6.07, 6.45) is 1.04. The highest BCUT2D eigenvalue weighted by Crippen LogP contribution is 2.15. The first-order valence-corrected chi connectivity index (χ1v) is 6.93. The van der Waals surface area contributed by atoms with E-state index in [-0.39, 0.29) is 17.9 Å². The van der Waals surface area contributed by atoms with Gasteiger partial charge < -0.3 is 20.3 Å². The smallest absolute Gasteiger partial charge is 0.272 e. The third kappa shape index (κ3) is 3.97. The zero-order chi connectivity index (χ0) is 16.8. The van der Waals surface area contributed by atoms with Gasteiger partial charge in [0.25, 0.3) is 5.91 Å². The lowest BCUT2D eigenvalue weighted by atomic mass is 10.1. The van der Waals surface area contributed by atoms with E-state index in [9.17, 15) is 14.7 Å². The van der Waals surface area contributed by atoms with Crippen LogP contribution in [-0.4, -0.2) is 23.8 Å². The van der Waals surface area contributed by atoms with Crippen molar-refractivity contribution in [3.8, 4) is 5.75 Å². The highest BCUT2D eigenvalue weighted by Gasteiger charge is 2.18. The monoisotopic (exact) mass is 315 g/mol. The molecule has 7 heteroatoms. The number of para-hydroxylation sites is 1. The number of nitrogens with zero attached hydrogens (tertiary/aromatic N) is 1. The lowest BCUT2D eigenvalue weighted by molar-refractivity contribution is -0.110. The van der Waals surface area contributed by atoms with Crippen LogP contribution in [0.25, 0.3) is 0 Å². The van der Waals surface area contributed by atoms with E-state index in [1.54, 1.807) is 19.2 Å². The Hall–Kier alpha value is -3.09. The van der Waals surface area contributed by atoms with Gasteiger partial charge >= 0.3 is 0 Å². The van der Waals surface area contributed by atoms with E-state index in [1.165, 1.54) is 0 Å². The first-order valence-electron chi connectivity index (χ1n) is 6.93. The van der Waals surface area contributed by atoms with Gasteiger partial charge in [0, 0.05) is 18.8 Å². The predicted molar refractivity (Wildman–Crippen MR) is 86.7 cm³/mol. The molecule has 3 N–H and O–H groups in total.